The molecule has 0 saturated carbocycles. The Morgan fingerprint density at radius 2 is 1.14 bits per heavy atom. The van der Waals surface area contributed by atoms with Crippen LogP contribution in [0.5, 0.6) is 0 Å². The number of anilines is 4. The Labute approximate surface area is 281 Å². The predicted octanol–water partition coefficient (Wildman–Crippen LogP) is 7.94. The van der Waals surface area contributed by atoms with E-state index in [4.69, 9.17) is 0 Å². The molecule has 0 fully saturated rings. The van der Waals surface area contributed by atoms with Crippen molar-refractivity contribution in [2.24, 2.45) is 0 Å². The third kappa shape index (κ3) is 8.24. The van der Waals surface area contributed by atoms with Crippen LogP contribution in [0.2, 0.25) is 0 Å². The Morgan fingerprint density at radius 3 is 1.61 bits per heavy atom. The molecule has 0 aliphatic carbocycles. The summed E-state index contributed by atoms with van der Waals surface area (Å²) < 4.78 is 13.9. The largest absolute Gasteiger partial charge is 0.478 e. The van der Waals surface area contributed by atoms with E-state index in [0.29, 0.717) is 39.7 Å². The van der Waals surface area contributed by atoms with Gasteiger partial charge >= 0.3 is 11.9 Å². The number of carboxylic acids is 2. The van der Waals surface area contributed by atoms with E-state index in [-0.39, 0.29) is 11.1 Å². The maximum atomic E-state index is 13.9. The molecule has 49 heavy (non-hydrogen) atoms. The van der Waals surface area contributed by atoms with Gasteiger partial charge in [0.05, 0.1) is 70.1 Å². The number of hydrogen-bond acceptors (Lipinski definition) is 9. The highest BCUT2D eigenvalue weighted by Crippen LogP contribution is 2.28. The number of pyridine rings is 3. The Kier molecular flexibility index (Phi) is 10.3. The van der Waals surface area contributed by atoms with Crippen molar-refractivity contribution >= 4 is 34.7 Å². The molecular formula is C37H32FN7O4. The van der Waals surface area contributed by atoms with E-state index in [2.05, 4.69) is 35.6 Å². The first kappa shape index (κ1) is 33.8. The van der Waals surface area contributed by atoms with Crippen LogP contribution in [0.15, 0.2) is 98.0 Å². The molecule has 0 atom stereocenters. The van der Waals surface area contributed by atoms with Gasteiger partial charge in [0.2, 0.25) is 0 Å². The quantitative estimate of drug-likeness (QED) is 0.126. The minimum atomic E-state index is -1.01. The molecule has 4 aromatic heterocycles. The number of carboxylic acid groups (broad SMARTS) is 2. The van der Waals surface area contributed by atoms with Crippen LogP contribution in [0.25, 0.3) is 22.6 Å². The fraction of sp³-hybridized carbons (Fsp3) is 0.108. The molecule has 12 heteroatoms. The zero-order valence-electron chi connectivity index (χ0n) is 27.1. The van der Waals surface area contributed by atoms with Gasteiger partial charge < -0.3 is 20.8 Å². The minimum Gasteiger partial charge on any atom is -0.478 e. The first-order valence-corrected chi connectivity index (χ1v) is 15.0. The lowest BCUT2D eigenvalue weighted by atomic mass is 10.1. The second kappa shape index (κ2) is 14.9. The van der Waals surface area contributed by atoms with Gasteiger partial charge in [-0.15, -0.1) is 0 Å². The van der Waals surface area contributed by atoms with E-state index in [1.165, 1.54) is 6.20 Å². The Hall–Kier alpha value is -6.56. The number of nitrogens with zero attached hydrogens (tertiary/aromatic N) is 5. The van der Waals surface area contributed by atoms with Crippen molar-refractivity contribution in [3.8, 4) is 22.6 Å². The second-order valence-corrected chi connectivity index (χ2v) is 11.2. The van der Waals surface area contributed by atoms with E-state index in [1.807, 2.05) is 45.9 Å². The Bertz CT molecular complexity index is 2160. The summed E-state index contributed by atoms with van der Waals surface area (Å²) in [5.74, 6) is -2.42. The van der Waals surface area contributed by atoms with Gasteiger partial charge in [0.15, 0.2) is 5.82 Å². The lowest BCUT2D eigenvalue weighted by Crippen LogP contribution is -2.04. The molecule has 246 valence electrons. The van der Waals surface area contributed by atoms with Gasteiger partial charge in [0.25, 0.3) is 0 Å². The maximum Gasteiger partial charge on any atom is 0.337 e. The summed E-state index contributed by atoms with van der Waals surface area (Å²) in [6, 6.07) is 15.7. The molecule has 0 radical (unpaired) electrons. The smallest absolute Gasteiger partial charge is 0.337 e. The average molecular weight is 658 g/mol. The molecule has 6 rings (SSSR count). The lowest BCUT2D eigenvalue weighted by Gasteiger charge is -2.12. The van der Waals surface area contributed by atoms with E-state index >= 15 is 0 Å². The molecule has 2 aromatic carbocycles. The number of aryl methyl sites for hydroxylation is 4. The van der Waals surface area contributed by atoms with E-state index in [9.17, 15) is 24.2 Å². The molecular weight excluding hydrogens is 625 g/mol. The molecule has 6 aromatic rings. The maximum absolute atomic E-state index is 13.9. The van der Waals surface area contributed by atoms with Crippen molar-refractivity contribution in [2.45, 2.75) is 27.7 Å². The number of aromatic nitrogens is 5. The number of hydrogen-bond donors (Lipinski definition) is 4. The van der Waals surface area contributed by atoms with Crippen molar-refractivity contribution < 1.29 is 24.2 Å². The third-order valence-corrected chi connectivity index (χ3v) is 7.36. The SMILES string of the molecule is Cc1ccc(Nc2cnc(-c3ccncc3F)c(C)c2)c(C(=O)O)c1.Cc1ccc(Nc2cnc(-c3cnccn3)c(C)c2)c(C(=O)O)c1. The van der Waals surface area contributed by atoms with Gasteiger partial charge in [-0.3, -0.25) is 24.9 Å². The minimum absolute atomic E-state index is 0.182. The number of aromatic carboxylic acids is 2. The van der Waals surface area contributed by atoms with Gasteiger partial charge in [-0.1, -0.05) is 23.3 Å². The normalized spacial score (nSPS) is 10.5. The molecule has 0 spiro atoms. The van der Waals surface area contributed by atoms with Gasteiger partial charge in [-0.05, 0) is 81.3 Å². The van der Waals surface area contributed by atoms with Crippen molar-refractivity contribution in [1.82, 2.24) is 24.9 Å². The van der Waals surface area contributed by atoms with Crippen LogP contribution in [0.1, 0.15) is 43.0 Å². The highest BCUT2D eigenvalue weighted by molar-refractivity contribution is 5.96. The van der Waals surface area contributed by atoms with Crippen molar-refractivity contribution in [3.63, 3.8) is 0 Å². The molecule has 0 saturated heterocycles. The second-order valence-electron chi connectivity index (χ2n) is 11.2. The van der Waals surface area contributed by atoms with Crippen LogP contribution in [0.3, 0.4) is 0 Å². The standard InChI is InChI=1S/C19H16FN3O2.C18H16N4O2/c1-11-3-4-17(15(7-11)19(24)25)23-13-8-12(2)18(22-9-13)14-5-6-21-10-16(14)20;1-11-3-4-15(14(7-11)18(23)24)22-13-8-12(2)17(21-9-13)16-10-19-5-6-20-16/h3-10,23H,1-2H3,(H,24,25);3-10,22H,1-2H3,(H,23,24). The first-order chi connectivity index (χ1) is 23.5. The van der Waals surface area contributed by atoms with Gasteiger partial charge in [-0.2, -0.15) is 0 Å². The first-order valence-electron chi connectivity index (χ1n) is 15.0. The lowest BCUT2D eigenvalue weighted by molar-refractivity contribution is 0.0687. The van der Waals surface area contributed by atoms with Gasteiger partial charge in [-0.25, -0.2) is 14.0 Å². The van der Waals surface area contributed by atoms with Gasteiger partial charge in [0.1, 0.15) is 5.69 Å². The van der Waals surface area contributed by atoms with Crippen LogP contribution >= 0.6 is 0 Å². The molecule has 0 bridgehead atoms. The van der Waals surface area contributed by atoms with Crippen molar-refractivity contribution in [3.05, 3.63) is 137 Å². The molecule has 11 nitrogen and oxygen atoms in total. The number of rotatable bonds is 8. The molecule has 0 amide bonds. The summed E-state index contributed by atoms with van der Waals surface area (Å²) in [6.07, 6.45) is 10.7. The highest BCUT2D eigenvalue weighted by Gasteiger charge is 2.14. The third-order valence-electron chi connectivity index (χ3n) is 7.36. The molecule has 4 heterocycles. The average Bonchev–Trinajstić information content (AvgIpc) is 3.07. The van der Waals surface area contributed by atoms with E-state index < -0.39 is 17.8 Å². The summed E-state index contributed by atoms with van der Waals surface area (Å²) in [4.78, 5) is 43.6. The molecule has 0 aliphatic heterocycles. The fourth-order valence-corrected chi connectivity index (χ4v) is 5.02. The van der Waals surface area contributed by atoms with Crippen LogP contribution in [-0.4, -0.2) is 47.1 Å². The van der Waals surface area contributed by atoms with E-state index in [1.54, 1.807) is 67.4 Å². The Balaban J connectivity index is 0.000000191. The zero-order chi connectivity index (χ0) is 35.1. The van der Waals surface area contributed by atoms with E-state index in [0.717, 1.165) is 34.1 Å². The Morgan fingerprint density at radius 1 is 0.612 bits per heavy atom. The number of carbonyl (C=O) groups is 2. The number of benzene rings is 2. The molecule has 4 N–H and O–H groups in total. The van der Waals surface area contributed by atoms with Crippen LogP contribution in [0.4, 0.5) is 27.1 Å². The summed E-state index contributed by atoms with van der Waals surface area (Å²) >= 11 is 0. The monoisotopic (exact) mass is 657 g/mol. The number of nitrogens with one attached hydrogen (secondary N) is 2. The van der Waals surface area contributed by atoms with Crippen LogP contribution < -0.4 is 10.6 Å². The summed E-state index contributed by atoms with van der Waals surface area (Å²) in [7, 11) is 0. The summed E-state index contributed by atoms with van der Waals surface area (Å²) in [5.41, 5.74) is 8.53. The summed E-state index contributed by atoms with van der Waals surface area (Å²) in [5, 5.41) is 24.9. The molecule has 0 aliphatic rings. The molecule has 0 unspecified atom stereocenters. The van der Waals surface area contributed by atoms with Crippen molar-refractivity contribution in [2.75, 3.05) is 10.6 Å². The van der Waals surface area contributed by atoms with Crippen LogP contribution in [0, 0.1) is 33.5 Å². The highest BCUT2D eigenvalue weighted by atomic mass is 19.1. The summed E-state index contributed by atoms with van der Waals surface area (Å²) in [6.45, 7) is 7.44. The predicted molar refractivity (Wildman–Crippen MR) is 185 cm³/mol. The topological polar surface area (TPSA) is 163 Å². The van der Waals surface area contributed by atoms with Crippen molar-refractivity contribution in [1.29, 1.82) is 0 Å². The number of halogens is 1. The zero-order valence-corrected chi connectivity index (χ0v) is 27.1. The van der Waals surface area contributed by atoms with Crippen LogP contribution in [-0.2, 0) is 0 Å². The fourth-order valence-electron chi connectivity index (χ4n) is 5.02. The van der Waals surface area contributed by atoms with Gasteiger partial charge in [0, 0.05) is 24.2 Å².